The van der Waals surface area contributed by atoms with Crippen LogP contribution < -0.4 is 5.73 Å². The number of esters is 1. The first kappa shape index (κ1) is 11.7. The standard InChI is InChI=1S/C10H17N3O2/c1-4-8-12-5-6-13(8)7-10(2,11)9(14)15-3/h5-6H,4,7,11H2,1-3H3. The highest BCUT2D eigenvalue weighted by Gasteiger charge is 2.30. The van der Waals surface area contributed by atoms with Crippen molar-refractivity contribution in [3.63, 3.8) is 0 Å². The van der Waals surface area contributed by atoms with Crippen molar-refractivity contribution in [1.29, 1.82) is 0 Å². The van der Waals surface area contributed by atoms with Gasteiger partial charge in [0.25, 0.3) is 0 Å². The van der Waals surface area contributed by atoms with Crippen LogP contribution in [0, 0.1) is 0 Å². The van der Waals surface area contributed by atoms with E-state index >= 15 is 0 Å². The van der Waals surface area contributed by atoms with E-state index in [1.54, 1.807) is 13.1 Å². The Morgan fingerprint density at radius 3 is 2.93 bits per heavy atom. The summed E-state index contributed by atoms with van der Waals surface area (Å²) in [7, 11) is 1.34. The van der Waals surface area contributed by atoms with Gasteiger partial charge in [-0.15, -0.1) is 0 Å². The Bertz CT molecular complexity index is 344. The van der Waals surface area contributed by atoms with Crippen molar-refractivity contribution in [2.45, 2.75) is 32.4 Å². The minimum absolute atomic E-state index is 0.378. The Hall–Kier alpha value is -1.36. The second-order valence-corrected chi connectivity index (χ2v) is 3.73. The van der Waals surface area contributed by atoms with Gasteiger partial charge in [-0.3, -0.25) is 4.79 Å². The molecule has 84 valence electrons. The largest absolute Gasteiger partial charge is 0.468 e. The number of carbonyl (C=O) groups is 1. The lowest BCUT2D eigenvalue weighted by Gasteiger charge is -2.22. The Labute approximate surface area is 89.2 Å². The molecule has 0 bridgehead atoms. The van der Waals surface area contributed by atoms with Crippen LogP contribution in [0.15, 0.2) is 12.4 Å². The number of aryl methyl sites for hydroxylation is 1. The Morgan fingerprint density at radius 2 is 2.40 bits per heavy atom. The summed E-state index contributed by atoms with van der Waals surface area (Å²) >= 11 is 0. The van der Waals surface area contributed by atoms with Crippen molar-refractivity contribution in [2.75, 3.05) is 7.11 Å². The first-order valence-electron chi connectivity index (χ1n) is 4.88. The summed E-state index contributed by atoms with van der Waals surface area (Å²) in [5.41, 5.74) is 4.85. The molecule has 0 spiro atoms. The van der Waals surface area contributed by atoms with E-state index in [0.29, 0.717) is 6.54 Å². The third kappa shape index (κ3) is 2.56. The molecule has 0 saturated heterocycles. The van der Waals surface area contributed by atoms with Crippen LogP contribution in [0.2, 0.25) is 0 Å². The molecule has 0 aliphatic heterocycles. The summed E-state index contributed by atoms with van der Waals surface area (Å²) in [6, 6.07) is 0. The molecule has 0 aromatic carbocycles. The first-order chi connectivity index (χ1) is 7.01. The van der Waals surface area contributed by atoms with Gasteiger partial charge in [0, 0.05) is 18.8 Å². The van der Waals surface area contributed by atoms with Gasteiger partial charge in [-0.1, -0.05) is 6.92 Å². The number of imidazole rings is 1. The van der Waals surface area contributed by atoms with E-state index in [1.165, 1.54) is 7.11 Å². The van der Waals surface area contributed by atoms with Gasteiger partial charge in [0.15, 0.2) is 0 Å². The summed E-state index contributed by atoms with van der Waals surface area (Å²) in [6.45, 7) is 4.03. The fourth-order valence-corrected chi connectivity index (χ4v) is 1.45. The molecule has 0 aliphatic carbocycles. The van der Waals surface area contributed by atoms with Crippen LogP contribution >= 0.6 is 0 Å². The molecule has 1 aromatic heterocycles. The monoisotopic (exact) mass is 211 g/mol. The molecule has 0 saturated carbocycles. The van der Waals surface area contributed by atoms with E-state index in [4.69, 9.17) is 5.73 Å². The molecule has 5 heteroatoms. The molecule has 1 heterocycles. The van der Waals surface area contributed by atoms with Crippen LogP contribution in [-0.2, 0) is 22.5 Å². The molecule has 15 heavy (non-hydrogen) atoms. The SMILES string of the molecule is CCc1nccn1CC(C)(N)C(=O)OC. The third-order valence-electron chi connectivity index (χ3n) is 2.27. The van der Waals surface area contributed by atoms with Gasteiger partial charge in [-0.25, -0.2) is 4.98 Å². The Morgan fingerprint density at radius 1 is 1.73 bits per heavy atom. The summed E-state index contributed by atoms with van der Waals surface area (Å²) in [6.07, 6.45) is 4.32. The molecule has 0 radical (unpaired) electrons. The highest BCUT2D eigenvalue weighted by Crippen LogP contribution is 2.09. The minimum Gasteiger partial charge on any atom is -0.468 e. The predicted octanol–water partition coefficient (Wildman–Crippen LogP) is 0.336. The Kier molecular flexibility index (Phi) is 3.47. The van der Waals surface area contributed by atoms with E-state index in [-0.39, 0.29) is 0 Å². The number of ether oxygens (including phenoxy) is 1. The van der Waals surface area contributed by atoms with Crippen LogP contribution in [0.25, 0.3) is 0 Å². The maximum absolute atomic E-state index is 11.4. The minimum atomic E-state index is -1.01. The van der Waals surface area contributed by atoms with E-state index in [2.05, 4.69) is 9.72 Å². The quantitative estimate of drug-likeness (QED) is 0.729. The van der Waals surface area contributed by atoms with Crippen LogP contribution in [-0.4, -0.2) is 28.2 Å². The van der Waals surface area contributed by atoms with Crippen molar-refractivity contribution in [1.82, 2.24) is 9.55 Å². The number of hydrogen-bond donors (Lipinski definition) is 1. The van der Waals surface area contributed by atoms with Crippen molar-refractivity contribution in [2.24, 2.45) is 5.73 Å². The maximum atomic E-state index is 11.4. The zero-order valence-electron chi connectivity index (χ0n) is 9.36. The summed E-state index contributed by atoms with van der Waals surface area (Å²) in [5.74, 6) is 0.494. The lowest BCUT2D eigenvalue weighted by Crippen LogP contribution is -2.49. The zero-order valence-corrected chi connectivity index (χ0v) is 9.36. The third-order valence-corrected chi connectivity index (χ3v) is 2.27. The van der Waals surface area contributed by atoms with Gasteiger partial charge in [-0.2, -0.15) is 0 Å². The van der Waals surface area contributed by atoms with Gasteiger partial charge in [-0.05, 0) is 6.92 Å². The molecule has 2 N–H and O–H groups in total. The normalized spacial score (nSPS) is 14.7. The molecule has 1 atom stereocenters. The van der Waals surface area contributed by atoms with Crippen molar-refractivity contribution < 1.29 is 9.53 Å². The van der Waals surface area contributed by atoms with E-state index in [1.807, 2.05) is 17.7 Å². The number of methoxy groups -OCH3 is 1. The molecule has 1 unspecified atom stereocenters. The van der Waals surface area contributed by atoms with Gasteiger partial charge in [0.1, 0.15) is 11.4 Å². The smallest absolute Gasteiger partial charge is 0.327 e. The highest BCUT2D eigenvalue weighted by atomic mass is 16.5. The van der Waals surface area contributed by atoms with Crippen molar-refractivity contribution in [3.8, 4) is 0 Å². The summed E-state index contributed by atoms with van der Waals surface area (Å²) < 4.78 is 6.51. The molecule has 5 nitrogen and oxygen atoms in total. The molecule has 0 fully saturated rings. The van der Waals surface area contributed by atoms with E-state index < -0.39 is 11.5 Å². The molecule has 1 aromatic rings. The number of hydrogen-bond acceptors (Lipinski definition) is 4. The fraction of sp³-hybridized carbons (Fsp3) is 0.600. The summed E-state index contributed by atoms with van der Waals surface area (Å²) in [5, 5.41) is 0. The van der Waals surface area contributed by atoms with Crippen LogP contribution in [0.4, 0.5) is 0 Å². The predicted molar refractivity (Wildman–Crippen MR) is 56.2 cm³/mol. The lowest BCUT2D eigenvalue weighted by atomic mass is 10.0. The molecule has 0 aliphatic rings. The first-order valence-corrected chi connectivity index (χ1v) is 4.88. The van der Waals surface area contributed by atoms with Gasteiger partial charge < -0.3 is 15.0 Å². The van der Waals surface area contributed by atoms with E-state index in [9.17, 15) is 4.79 Å². The van der Waals surface area contributed by atoms with Crippen LogP contribution in [0.1, 0.15) is 19.7 Å². The topological polar surface area (TPSA) is 70.1 Å². The maximum Gasteiger partial charge on any atom is 0.327 e. The van der Waals surface area contributed by atoms with Gasteiger partial charge >= 0.3 is 5.97 Å². The zero-order chi connectivity index (χ0) is 11.5. The number of nitrogens with zero attached hydrogens (tertiary/aromatic N) is 2. The molecule has 0 amide bonds. The lowest BCUT2D eigenvalue weighted by molar-refractivity contribution is -0.146. The highest BCUT2D eigenvalue weighted by molar-refractivity contribution is 5.79. The van der Waals surface area contributed by atoms with Crippen molar-refractivity contribution >= 4 is 5.97 Å². The van der Waals surface area contributed by atoms with Crippen LogP contribution in [0.3, 0.4) is 0 Å². The van der Waals surface area contributed by atoms with Gasteiger partial charge in [0.2, 0.25) is 0 Å². The number of rotatable bonds is 4. The molecular weight excluding hydrogens is 194 g/mol. The number of carbonyl (C=O) groups excluding carboxylic acids is 1. The van der Waals surface area contributed by atoms with Gasteiger partial charge in [0.05, 0.1) is 13.7 Å². The average molecular weight is 211 g/mol. The summed E-state index contributed by atoms with van der Waals surface area (Å²) in [4.78, 5) is 15.5. The fourth-order valence-electron chi connectivity index (χ4n) is 1.45. The molecular formula is C10H17N3O2. The van der Waals surface area contributed by atoms with Crippen molar-refractivity contribution in [3.05, 3.63) is 18.2 Å². The van der Waals surface area contributed by atoms with E-state index in [0.717, 1.165) is 12.2 Å². The average Bonchev–Trinajstić information content (AvgIpc) is 2.63. The second-order valence-electron chi connectivity index (χ2n) is 3.73. The molecule has 1 rings (SSSR count). The number of aromatic nitrogens is 2. The second kappa shape index (κ2) is 4.44. The van der Waals surface area contributed by atoms with Crippen LogP contribution in [0.5, 0.6) is 0 Å². The number of nitrogens with two attached hydrogens (primary N) is 1. The Balaban J connectivity index is 2.81.